The van der Waals surface area contributed by atoms with Crippen LogP contribution in [0.25, 0.3) is 11.3 Å². The summed E-state index contributed by atoms with van der Waals surface area (Å²) in [5.74, 6) is -1.20. The number of hydrogen-bond acceptors (Lipinski definition) is 8. The van der Waals surface area contributed by atoms with Gasteiger partial charge in [-0.05, 0) is 12.5 Å². The van der Waals surface area contributed by atoms with Crippen LogP contribution < -0.4 is 10.2 Å². The number of nitrogens with one attached hydrogen (secondary N) is 1. The number of aliphatic hydroxyl groups is 1. The van der Waals surface area contributed by atoms with Crippen molar-refractivity contribution in [2.75, 3.05) is 29.9 Å². The SMILES string of the molecule is O=C(Nc1cnn([C@@H](CO)c2cnc(N3CCC3)nc2)c1)c1cncc(-c2c(C(F)F)ccc(Cl)c2F)n1. The maximum Gasteiger partial charge on any atom is 0.275 e. The Kier molecular flexibility index (Phi) is 7.20. The van der Waals surface area contributed by atoms with Gasteiger partial charge in [-0.15, -0.1) is 0 Å². The summed E-state index contributed by atoms with van der Waals surface area (Å²) < 4.78 is 43.1. The van der Waals surface area contributed by atoms with Crippen molar-refractivity contribution >= 4 is 29.1 Å². The Morgan fingerprint density at radius 2 is 1.89 bits per heavy atom. The van der Waals surface area contributed by atoms with Crippen LogP contribution in [0, 0.1) is 5.82 Å². The first-order chi connectivity index (χ1) is 18.4. The van der Waals surface area contributed by atoms with E-state index >= 15 is 0 Å². The van der Waals surface area contributed by atoms with Gasteiger partial charge >= 0.3 is 0 Å². The fourth-order valence-corrected chi connectivity index (χ4v) is 4.05. The predicted molar refractivity (Wildman–Crippen MR) is 132 cm³/mol. The van der Waals surface area contributed by atoms with Crippen LogP contribution >= 0.6 is 11.6 Å². The van der Waals surface area contributed by atoms with Crippen molar-refractivity contribution < 1.29 is 23.1 Å². The molecule has 1 saturated heterocycles. The Labute approximate surface area is 219 Å². The maximum absolute atomic E-state index is 14.6. The Bertz CT molecular complexity index is 1460. The van der Waals surface area contributed by atoms with Crippen LogP contribution in [0.2, 0.25) is 5.02 Å². The molecule has 14 heteroatoms. The Morgan fingerprint density at radius 1 is 1.13 bits per heavy atom. The van der Waals surface area contributed by atoms with Crippen molar-refractivity contribution in [2.45, 2.75) is 18.9 Å². The normalized spacial score (nSPS) is 13.9. The van der Waals surface area contributed by atoms with Gasteiger partial charge in [0.15, 0.2) is 5.82 Å². The molecule has 1 aliphatic heterocycles. The summed E-state index contributed by atoms with van der Waals surface area (Å²) in [5, 5.41) is 16.4. The number of aliphatic hydroxyl groups excluding tert-OH is 1. The predicted octanol–water partition coefficient (Wildman–Crippen LogP) is 3.90. The second-order valence-corrected chi connectivity index (χ2v) is 8.84. The quantitative estimate of drug-likeness (QED) is 0.342. The number of anilines is 2. The van der Waals surface area contributed by atoms with Gasteiger partial charge in [0.05, 0.1) is 41.6 Å². The molecule has 4 aromatic rings. The number of alkyl halides is 2. The average Bonchev–Trinajstić information content (AvgIpc) is 3.33. The van der Waals surface area contributed by atoms with Gasteiger partial charge in [-0.2, -0.15) is 5.10 Å². The highest BCUT2D eigenvalue weighted by Gasteiger charge is 2.23. The number of rotatable bonds is 8. The van der Waals surface area contributed by atoms with Gasteiger partial charge in [-0.1, -0.05) is 17.7 Å². The fourth-order valence-electron chi connectivity index (χ4n) is 3.90. The zero-order chi connectivity index (χ0) is 26.8. The van der Waals surface area contributed by atoms with E-state index in [1.165, 1.54) is 17.1 Å². The fraction of sp³-hybridized carbons (Fsp3) is 0.250. The van der Waals surface area contributed by atoms with Crippen LogP contribution in [-0.2, 0) is 0 Å². The first-order valence-electron chi connectivity index (χ1n) is 11.5. The molecule has 1 fully saturated rings. The zero-order valence-electron chi connectivity index (χ0n) is 19.6. The molecule has 10 nitrogen and oxygen atoms in total. The Hall–Kier alpha value is -4.10. The summed E-state index contributed by atoms with van der Waals surface area (Å²) in [5.41, 5.74) is -0.794. The number of nitrogens with zero attached hydrogens (tertiary/aromatic N) is 7. The van der Waals surface area contributed by atoms with Crippen molar-refractivity contribution in [1.82, 2.24) is 29.7 Å². The number of benzene rings is 1. The molecule has 0 radical (unpaired) electrons. The highest BCUT2D eigenvalue weighted by atomic mass is 35.5. The largest absolute Gasteiger partial charge is 0.394 e. The monoisotopic (exact) mass is 544 g/mol. The molecule has 1 atom stereocenters. The minimum absolute atomic E-state index is 0.247. The minimum atomic E-state index is -3.00. The van der Waals surface area contributed by atoms with Gasteiger partial charge in [0.25, 0.3) is 12.3 Å². The summed E-state index contributed by atoms with van der Waals surface area (Å²) >= 11 is 5.78. The molecule has 0 spiro atoms. The summed E-state index contributed by atoms with van der Waals surface area (Å²) in [6, 6.07) is 1.42. The van der Waals surface area contributed by atoms with Crippen LogP contribution in [0.15, 0.2) is 49.3 Å². The third-order valence-corrected chi connectivity index (χ3v) is 6.31. The van der Waals surface area contributed by atoms with Gasteiger partial charge in [-0.25, -0.2) is 28.1 Å². The number of amides is 1. The number of hydrogen-bond donors (Lipinski definition) is 2. The summed E-state index contributed by atoms with van der Waals surface area (Å²) in [6.45, 7) is 1.51. The minimum Gasteiger partial charge on any atom is -0.394 e. The van der Waals surface area contributed by atoms with Crippen LogP contribution in [-0.4, -0.2) is 60.4 Å². The maximum atomic E-state index is 14.6. The van der Waals surface area contributed by atoms with Gasteiger partial charge in [0, 0.05) is 48.4 Å². The van der Waals surface area contributed by atoms with Crippen LogP contribution in [0.3, 0.4) is 0 Å². The average molecular weight is 545 g/mol. The molecular formula is C24H20ClF3N8O2. The van der Waals surface area contributed by atoms with Crippen LogP contribution in [0.4, 0.5) is 24.8 Å². The highest BCUT2D eigenvalue weighted by Crippen LogP contribution is 2.35. The zero-order valence-corrected chi connectivity index (χ0v) is 20.4. The first kappa shape index (κ1) is 25.5. The van der Waals surface area contributed by atoms with E-state index in [1.807, 2.05) is 4.90 Å². The number of carbonyl (C=O) groups is 1. The highest BCUT2D eigenvalue weighted by molar-refractivity contribution is 6.31. The molecule has 4 heterocycles. The molecule has 0 bridgehead atoms. The van der Waals surface area contributed by atoms with Crippen molar-refractivity contribution in [3.63, 3.8) is 0 Å². The van der Waals surface area contributed by atoms with E-state index in [1.54, 1.807) is 12.4 Å². The summed E-state index contributed by atoms with van der Waals surface area (Å²) in [6.07, 6.45) is 6.35. The van der Waals surface area contributed by atoms with E-state index in [0.29, 0.717) is 11.5 Å². The van der Waals surface area contributed by atoms with Crippen LogP contribution in [0.1, 0.15) is 40.5 Å². The van der Waals surface area contributed by atoms with E-state index in [4.69, 9.17) is 11.6 Å². The lowest BCUT2D eigenvalue weighted by molar-refractivity contribution is 0.102. The van der Waals surface area contributed by atoms with Gasteiger partial charge in [0.2, 0.25) is 5.95 Å². The molecule has 3 aromatic heterocycles. The van der Waals surface area contributed by atoms with Crippen molar-refractivity contribution in [1.29, 1.82) is 0 Å². The van der Waals surface area contributed by atoms with E-state index in [-0.39, 0.29) is 28.7 Å². The van der Waals surface area contributed by atoms with Gasteiger partial charge in [-0.3, -0.25) is 14.5 Å². The van der Waals surface area contributed by atoms with Crippen LogP contribution in [0.5, 0.6) is 0 Å². The van der Waals surface area contributed by atoms with E-state index in [9.17, 15) is 23.1 Å². The van der Waals surface area contributed by atoms with Gasteiger partial charge < -0.3 is 15.3 Å². The number of carbonyl (C=O) groups excluding carboxylic acids is 1. The third-order valence-electron chi connectivity index (χ3n) is 6.02. The Balaban J connectivity index is 1.34. The van der Waals surface area contributed by atoms with E-state index in [0.717, 1.165) is 44.0 Å². The third kappa shape index (κ3) is 5.02. The van der Waals surface area contributed by atoms with E-state index < -0.39 is 35.3 Å². The lowest BCUT2D eigenvalue weighted by Gasteiger charge is -2.30. The molecule has 0 saturated carbocycles. The molecule has 38 heavy (non-hydrogen) atoms. The molecule has 5 rings (SSSR count). The van der Waals surface area contributed by atoms with Crippen molar-refractivity contribution in [3.8, 4) is 11.3 Å². The number of aromatic nitrogens is 6. The lowest BCUT2D eigenvalue weighted by atomic mass is 10.0. The molecule has 196 valence electrons. The topological polar surface area (TPSA) is 122 Å². The molecule has 2 N–H and O–H groups in total. The van der Waals surface area contributed by atoms with Gasteiger partial charge in [0.1, 0.15) is 11.7 Å². The van der Waals surface area contributed by atoms with E-state index in [2.05, 4.69) is 30.4 Å². The second kappa shape index (κ2) is 10.7. The molecular weight excluding hydrogens is 525 g/mol. The first-order valence-corrected chi connectivity index (χ1v) is 11.8. The summed E-state index contributed by atoms with van der Waals surface area (Å²) in [4.78, 5) is 31.4. The molecule has 1 amide bonds. The van der Waals surface area contributed by atoms with Crippen molar-refractivity contribution in [3.05, 3.63) is 77.0 Å². The summed E-state index contributed by atoms with van der Waals surface area (Å²) in [7, 11) is 0. The Morgan fingerprint density at radius 3 is 2.55 bits per heavy atom. The standard InChI is InChI=1S/C24H20ClF3N8O2/c25-16-3-2-15(22(27)28)20(21(16)26)17-9-29-10-18(34-17)23(38)33-14-8-32-36(11-14)19(12-37)13-6-30-24(31-7-13)35-4-1-5-35/h2-3,6-11,19,22,37H,1,4-5,12H2,(H,33,38)/t19-/m0/s1. The lowest BCUT2D eigenvalue weighted by Crippen LogP contribution is -2.38. The molecule has 1 aliphatic rings. The van der Waals surface area contributed by atoms with Crippen molar-refractivity contribution in [2.24, 2.45) is 0 Å². The molecule has 0 unspecified atom stereocenters. The molecule has 1 aromatic carbocycles. The smallest absolute Gasteiger partial charge is 0.275 e. The second-order valence-electron chi connectivity index (χ2n) is 8.43. The molecule has 0 aliphatic carbocycles. The number of halogens is 4.